The van der Waals surface area contributed by atoms with E-state index in [1.54, 1.807) is 31.4 Å². The van der Waals surface area contributed by atoms with Crippen molar-refractivity contribution in [1.82, 2.24) is 4.90 Å². The number of carbonyl (C=O) groups is 1. The highest BCUT2D eigenvalue weighted by atomic mass is 16.5. The van der Waals surface area contributed by atoms with E-state index in [0.717, 1.165) is 31.7 Å². The lowest BCUT2D eigenvalue weighted by molar-refractivity contribution is -0.132. The Bertz CT molecular complexity index is 432. The lowest BCUT2D eigenvalue weighted by Crippen LogP contribution is -2.33. The van der Waals surface area contributed by atoms with Crippen LogP contribution in [0.5, 0.6) is 11.5 Å². The molecule has 1 aliphatic rings. The molecule has 1 N–H and O–H groups in total. The van der Waals surface area contributed by atoms with E-state index in [1.165, 1.54) is 0 Å². The number of nitrogens with zero attached hydrogens (tertiary/aromatic N) is 1. The van der Waals surface area contributed by atoms with Gasteiger partial charge in [-0.25, -0.2) is 0 Å². The summed E-state index contributed by atoms with van der Waals surface area (Å²) < 4.78 is 10.5. The third-order valence-corrected chi connectivity index (χ3v) is 3.60. The molecule has 1 aromatic carbocycles. The lowest BCUT2D eigenvalue weighted by atomic mass is 10.1. The molecule has 1 fully saturated rings. The standard InChI is InChI=1S/C15H21NO4/c1-19-13-2-4-14(5-3-13)20-11-15(18)16-8-6-12(10-16)7-9-17/h2-5,12,17H,6-11H2,1H3. The Labute approximate surface area is 119 Å². The first kappa shape index (κ1) is 14.7. The molecular formula is C15H21NO4. The molecule has 5 heteroatoms. The van der Waals surface area contributed by atoms with Crippen molar-refractivity contribution in [1.29, 1.82) is 0 Å². The largest absolute Gasteiger partial charge is 0.497 e. The van der Waals surface area contributed by atoms with Gasteiger partial charge in [0.2, 0.25) is 0 Å². The van der Waals surface area contributed by atoms with Crippen molar-refractivity contribution in [2.75, 3.05) is 33.4 Å². The van der Waals surface area contributed by atoms with Gasteiger partial charge >= 0.3 is 0 Å². The fourth-order valence-corrected chi connectivity index (χ4v) is 2.39. The minimum atomic E-state index is 0.00116. The summed E-state index contributed by atoms with van der Waals surface area (Å²) in [5.41, 5.74) is 0. The van der Waals surface area contributed by atoms with Crippen LogP contribution in [-0.4, -0.2) is 49.3 Å². The molecule has 0 saturated carbocycles. The molecule has 1 unspecified atom stereocenters. The predicted octanol–water partition coefficient (Wildman–Crippen LogP) is 1.30. The van der Waals surface area contributed by atoms with Gasteiger partial charge in [-0.1, -0.05) is 0 Å². The molecule has 1 saturated heterocycles. The van der Waals surface area contributed by atoms with Crippen LogP contribution in [0.2, 0.25) is 0 Å². The molecule has 20 heavy (non-hydrogen) atoms. The SMILES string of the molecule is COc1ccc(OCC(=O)N2CCC(CCO)C2)cc1. The summed E-state index contributed by atoms with van der Waals surface area (Å²) in [4.78, 5) is 13.8. The van der Waals surface area contributed by atoms with Gasteiger partial charge < -0.3 is 19.5 Å². The van der Waals surface area contributed by atoms with Crippen molar-refractivity contribution in [2.45, 2.75) is 12.8 Å². The summed E-state index contributed by atoms with van der Waals surface area (Å²) in [6, 6.07) is 7.16. The number of hydrogen-bond donors (Lipinski definition) is 1. The molecule has 2 rings (SSSR count). The zero-order chi connectivity index (χ0) is 14.4. The Kier molecular flexibility index (Phi) is 5.24. The van der Waals surface area contributed by atoms with Crippen molar-refractivity contribution < 1.29 is 19.4 Å². The summed E-state index contributed by atoms with van der Waals surface area (Å²) in [7, 11) is 1.61. The van der Waals surface area contributed by atoms with E-state index in [4.69, 9.17) is 14.6 Å². The van der Waals surface area contributed by atoms with Crippen LogP contribution in [0.4, 0.5) is 0 Å². The molecule has 1 atom stereocenters. The Hall–Kier alpha value is -1.75. The van der Waals surface area contributed by atoms with Crippen LogP contribution < -0.4 is 9.47 Å². The summed E-state index contributed by atoms with van der Waals surface area (Å²) in [5, 5.41) is 8.91. The Morgan fingerprint density at radius 2 is 2.05 bits per heavy atom. The quantitative estimate of drug-likeness (QED) is 0.853. The van der Waals surface area contributed by atoms with E-state index >= 15 is 0 Å². The first-order valence-electron chi connectivity index (χ1n) is 6.88. The second-order valence-corrected chi connectivity index (χ2v) is 4.97. The van der Waals surface area contributed by atoms with Gasteiger partial charge in [-0.3, -0.25) is 4.79 Å². The van der Waals surface area contributed by atoms with Crippen LogP contribution >= 0.6 is 0 Å². The van der Waals surface area contributed by atoms with Crippen molar-refractivity contribution in [3.05, 3.63) is 24.3 Å². The average Bonchev–Trinajstić information content (AvgIpc) is 2.94. The van der Waals surface area contributed by atoms with E-state index in [1.807, 2.05) is 4.90 Å². The number of aliphatic hydroxyl groups excluding tert-OH is 1. The number of benzene rings is 1. The molecule has 5 nitrogen and oxygen atoms in total. The monoisotopic (exact) mass is 279 g/mol. The van der Waals surface area contributed by atoms with Gasteiger partial charge in [-0.2, -0.15) is 0 Å². The van der Waals surface area contributed by atoms with Gasteiger partial charge in [-0.05, 0) is 43.0 Å². The number of likely N-dealkylation sites (tertiary alicyclic amines) is 1. The lowest BCUT2D eigenvalue weighted by Gasteiger charge is -2.16. The third kappa shape index (κ3) is 3.87. The number of carbonyl (C=O) groups excluding carboxylic acids is 1. The van der Waals surface area contributed by atoms with Crippen LogP contribution in [-0.2, 0) is 4.79 Å². The van der Waals surface area contributed by atoms with Gasteiger partial charge in [0.05, 0.1) is 7.11 Å². The molecule has 0 aromatic heterocycles. The number of ether oxygens (including phenoxy) is 2. The molecule has 0 spiro atoms. The normalized spacial score (nSPS) is 18.1. The van der Waals surface area contributed by atoms with Crippen LogP contribution in [0.25, 0.3) is 0 Å². The average molecular weight is 279 g/mol. The molecule has 1 amide bonds. The Balaban J connectivity index is 1.77. The van der Waals surface area contributed by atoms with Crippen LogP contribution in [0.3, 0.4) is 0 Å². The molecular weight excluding hydrogens is 258 g/mol. The minimum Gasteiger partial charge on any atom is -0.497 e. The van der Waals surface area contributed by atoms with Crippen LogP contribution in [0.15, 0.2) is 24.3 Å². The number of rotatable bonds is 6. The summed E-state index contributed by atoms with van der Waals surface area (Å²) in [6.45, 7) is 1.73. The third-order valence-electron chi connectivity index (χ3n) is 3.60. The highest BCUT2D eigenvalue weighted by Crippen LogP contribution is 2.20. The predicted molar refractivity (Wildman–Crippen MR) is 74.9 cm³/mol. The molecule has 0 aliphatic carbocycles. The molecule has 1 aromatic rings. The first-order chi connectivity index (χ1) is 9.72. The van der Waals surface area contributed by atoms with E-state index in [2.05, 4.69) is 0 Å². The maximum atomic E-state index is 12.0. The number of amides is 1. The molecule has 0 bridgehead atoms. The van der Waals surface area contributed by atoms with E-state index < -0.39 is 0 Å². The van der Waals surface area contributed by atoms with Gasteiger partial charge in [0.25, 0.3) is 5.91 Å². The summed E-state index contributed by atoms with van der Waals surface area (Å²) in [5.74, 6) is 1.84. The van der Waals surface area contributed by atoms with Crippen molar-refractivity contribution >= 4 is 5.91 Å². The van der Waals surface area contributed by atoms with Gasteiger partial charge in [0.1, 0.15) is 11.5 Å². The Morgan fingerprint density at radius 3 is 2.70 bits per heavy atom. The maximum absolute atomic E-state index is 12.0. The fourth-order valence-electron chi connectivity index (χ4n) is 2.39. The fraction of sp³-hybridized carbons (Fsp3) is 0.533. The van der Waals surface area contributed by atoms with Gasteiger partial charge in [0, 0.05) is 19.7 Å². The van der Waals surface area contributed by atoms with Crippen molar-refractivity contribution in [3.63, 3.8) is 0 Å². The van der Waals surface area contributed by atoms with Crippen molar-refractivity contribution in [2.24, 2.45) is 5.92 Å². The van der Waals surface area contributed by atoms with E-state index in [0.29, 0.717) is 11.7 Å². The second-order valence-electron chi connectivity index (χ2n) is 4.97. The smallest absolute Gasteiger partial charge is 0.260 e. The highest BCUT2D eigenvalue weighted by molar-refractivity contribution is 5.78. The zero-order valence-electron chi connectivity index (χ0n) is 11.7. The molecule has 1 heterocycles. The maximum Gasteiger partial charge on any atom is 0.260 e. The first-order valence-corrected chi connectivity index (χ1v) is 6.88. The number of methoxy groups -OCH3 is 1. The highest BCUT2D eigenvalue weighted by Gasteiger charge is 2.25. The van der Waals surface area contributed by atoms with E-state index in [9.17, 15) is 4.79 Å². The molecule has 0 radical (unpaired) electrons. The number of aliphatic hydroxyl groups is 1. The summed E-state index contributed by atoms with van der Waals surface area (Å²) in [6.07, 6.45) is 1.73. The topological polar surface area (TPSA) is 59.0 Å². The number of hydrogen-bond acceptors (Lipinski definition) is 4. The van der Waals surface area contributed by atoms with Gasteiger partial charge in [0.15, 0.2) is 6.61 Å². The summed E-state index contributed by atoms with van der Waals surface area (Å²) >= 11 is 0. The second kappa shape index (κ2) is 7.14. The van der Waals surface area contributed by atoms with Crippen molar-refractivity contribution in [3.8, 4) is 11.5 Å². The molecule has 1 aliphatic heterocycles. The zero-order valence-corrected chi connectivity index (χ0v) is 11.7. The van der Waals surface area contributed by atoms with Crippen LogP contribution in [0, 0.1) is 5.92 Å². The molecule has 110 valence electrons. The Morgan fingerprint density at radius 1 is 1.35 bits per heavy atom. The van der Waals surface area contributed by atoms with E-state index in [-0.39, 0.29) is 19.1 Å². The van der Waals surface area contributed by atoms with Crippen LogP contribution in [0.1, 0.15) is 12.8 Å². The van der Waals surface area contributed by atoms with Gasteiger partial charge in [-0.15, -0.1) is 0 Å². The minimum absolute atomic E-state index is 0.00116.